The predicted octanol–water partition coefficient (Wildman–Crippen LogP) is 3.95. The lowest BCUT2D eigenvalue weighted by Gasteiger charge is -2.13. The highest BCUT2D eigenvalue weighted by Gasteiger charge is 2.07. The van der Waals surface area contributed by atoms with Gasteiger partial charge in [-0.1, -0.05) is 6.07 Å². The largest absolute Gasteiger partial charge is 0.475 e. The summed E-state index contributed by atoms with van der Waals surface area (Å²) in [4.78, 5) is 8.73. The molecule has 0 spiro atoms. The minimum Gasteiger partial charge on any atom is -0.475 e. The third-order valence-electron chi connectivity index (χ3n) is 2.68. The van der Waals surface area contributed by atoms with Gasteiger partial charge in [0.15, 0.2) is 0 Å². The zero-order valence-electron chi connectivity index (χ0n) is 11.9. The molecule has 20 heavy (non-hydrogen) atoms. The molecular formula is C15H18BrN3O. The molecule has 0 fully saturated rings. The quantitative estimate of drug-likeness (QED) is 0.898. The van der Waals surface area contributed by atoms with Crippen LogP contribution in [0, 0.1) is 6.92 Å². The second-order valence-electron chi connectivity index (χ2n) is 4.75. The highest BCUT2D eigenvalue weighted by Crippen LogP contribution is 2.19. The van der Waals surface area contributed by atoms with Crippen LogP contribution in [-0.2, 0) is 6.54 Å². The molecule has 106 valence electrons. The van der Waals surface area contributed by atoms with Crippen LogP contribution in [0.1, 0.15) is 25.1 Å². The second kappa shape index (κ2) is 6.70. The molecule has 0 atom stereocenters. The molecule has 4 nitrogen and oxygen atoms in total. The Bertz CT molecular complexity index is 587. The maximum atomic E-state index is 5.70. The number of aryl methyl sites for hydroxylation is 1. The van der Waals surface area contributed by atoms with Gasteiger partial charge in [-0.15, -0.1) is 0 Å². The summed E-state index contributed by atoms with van der Waals surface area (Å²) >= 11 is 3.44. The second-order valence-corrected chi connectivity index (χ2v) is 5.61. The molecule has 0 aliphatic heterocycles. The van der Waals surface area contributed by atoms with Crippen molar-refractivity contribution in [2.75, 3.05) is 5.32 Å². The molecule has 0 saturated carbocycles. The van der Waals surface area contributed by atoms with Crippen molar-refractivity contribution in [2.24, 2.45) is 0 Å². The third-order valence-corrected chi connectivity index (χ3v) is 3.52. The number of pyridine rings is 2. The number of rotatable bonds is 5. The van der Waals surface area contributed by atoms with Crippen LogP contribution in [0.4, 0.5) is 5.82 Å². The maximum absolute atomic E-state index is 5.70. The van der Waals surface area contributed by atoms with Crippen molar-refractivity contribution >= 4 is 21.7 Å². The Kier molecular flexibility index (Phi) is 4.95. The first-order valence-electron chi connectivity index (χ1n) is 6.54. The zero-order valence-corrected chi connectivity index (χ0v) is 13.4. The Morgan fingerprint density at radius 1 is 1.30 bits per heavy atom. The average molecular weight is 336 g/mol. The normalized spacial score (nSPS) is 10.7. The third kappa shape index (κ3) is 3.93. The highest BCUT2D eigenvalue weighted by molar-refractivity contribution is 9.10. The molecule has 0 radical (unpaired) electrons. The summed E-state index contributed by atoms with van der Waals surface area (Å²) in [7, 11) is 0. The van der Waals surface area contributed by atoms with E-state index in [-0.39, 0.29) is 6.10 Å². The summed E-state index contributed by atoms with van der Waals surface area (Å²) in [6.07, 6.45) is 1.85. The first kappa shape index (κ1) is 14.8. The Labute approximate surface area is 127 Å². The molecule has 2 heterocycles. The van der Waals surface area contributed by atoms with Gasteiger partial charge in [0.1, 0.15) is 5.82 Å². The number of anilines is 1. The smallest absolute Gasteiger partial charge is 0.218 e. The Hall–Kier alpha value is -1.62. The van der Waals surface area contributed by atoms with Crippen LogP contribution in [0.3, 0.4) is 0 Å². The van der Waals surface area contributed by atoms with Gasteiger partial charge in [-0.2, -0.15) is 0 Å². The molecule has 0 amide bonds. The van der Waals surface area contributed by atoms with E-state index in [4.69, 9.17) is 4.74 Å². The van der Waals surface area contributed by atoms with Gasteiger partial charge in [-0.25, -0.2) is 9.97 Å². The number of halogens is 1. The van der Waals surface area contributed by atoms with Gasteiger partial charge in [0.2, 0.25) is 5.88 Å². The standard InChI is InChI=1S/C15H18BrN3O/c1-10(2)20-15-12(5-4-8-17-15)9-18-14-7-6-13(16)11(3)19-14/h4-8,10H,9H2,1-3H3,(H,18,19). The lowest BCUT2D eigenvalue weighted by Crippen LogP contribution is -2.11. The van der Waals surface area contributed by atoms with Crippen molar-refractivity contribution in [1.29, 1.82) is 0 Å². The SMILES string of the molecule is Cc1nc(NCc2cccnc2OC(C)C)ccc1Br. The number of aromatic nitrogens is 2. The molecule has 5 heteroatoms. The number of hydrogen-bond donors (Lipinski definition) is 1. The van der Waals surface area contributed by atoms with E-state index in [1.807, 2.05) is 45.0 Å². The van der Waals surface area contributed by atoms with Crippen LogP contribution < -0.4 is 10.1 Å². The minimum atomic E-state index is 0.108. The van der Waals surface area contributed by atoms with Crippen molar-refractivity contribution in [3.8, 4) is 5.88 Å². The van der Waals surface area contributed by atoms with E-state index in [0.717, 1.165) is 21.5 Å². The first-order valence-corrected chi connectivity index (χ1v) is 7.33. The number of ether oxygens (including phenoxy) is 1. The lowest BCUT2D eigenvalue weighted by atomic mass is 10.2. The van der Waals surface area contributed by atoms with E-state index in [9.17, 15) is 0 Å². The summed E-state index contributed by atoms with van der Waals surface area (Å²) < 4.78 is 6.71. The summed E-state index contributed by atoms with van der Waals surface area (Å²) in [6.45, 7) is 6.58. The van der Waals surface area contributed by atoms with Crippen molar-refractivity contribution < 1.29 is 4.74 Å². The van der Waals surface area contributed by atoms with Crippen molar-refractivity contribution in [3.63, 3.8) is 0 Å². The minimum absolute atomic E-state index is 0.108. The molecular weight excluding hydrogens is 318 g/mol. The first-order chi connectivity index (χ1) is 9.56. The molecule has 0 saturated heterocycles. The number of nitrogens with one attached hydrogen (secondary N) is 1. The molecule has 1 N–H and O–H groups in total. The molecule has 0 aromatic carbocycles. The van der Waals surface area contributed by atoms with Gasteiger partial charge in [-0.3, -0.25) is 0 Å². The van der Waals surface area contributed by atoms with Crippen LogP contribution in [-0.4, -0.2) is 16.1 Å². The number of hydrogen-bond acceptors (Lipinski definition) is 4. The summed E-state index contributed by atoms with van der Waals surface area (Å²) in [5, 5.41) is 3.29. The van der Waals surface area contributed by atoms with E-state index in [0.29, 0.717) is 12.4 Å². The van der Waals surface area contributed by atoms with Crippen LogP contribution >= 0.6 is 15.9 Å². The van der Waals surface area contributed by atoms with Crippen molar-refractivity contribution in [1.82, 2.24) is 9.97 Å². The van der Waals surface area contributed by atoms with Gasteiger partial charge in [0, 0.05) is 22.8 Å². The van der Waals surface area contributed by atoms with Crippen LogP contribution in [0.5, 0.6) is 5.88 Å². The van der Waals surface area contributed by atoms with Gasteiger partial charge < -0.3 is 10.1 Å². The van der Waals surface area contributed by atoms with Crippen molar-refractivity contribution in [3.05, 3.63) is 46.2 Å². The van der Waals surface area contributed by atoms with Gasteiger partial charge in [0.25, 0.3) is 0 Å². The molecule has 0 aliphatic carbocycles. The van der Waals surface area contributed by atoms with E-state index >= 15 is 0 Å². The van der Waals surface area contributed by atoms with E-state index in [2.05, 4.69) is 31.2 Å². The van der Waals surface area contributed by atoms with Gasteiger partial charge in [0.05, 0.1) is 11.8 Å². The molecule has 0 bridgehead atoms. The van der Waals surface area contributed by atoms with Crippen LogP contribution in [0.2, 0.25) is 0 Å². The van der Waals surface area contributed by atoms with Crippen LogP contribution in [0.15, 0.2) is 34.9 Å². The molecule has 2 aromatic heterocycles. The van der Waals surface area contributed by atoms with E-state index < -0.39 is 0 Å². The molecule has 2 aromatic rings. The summed E-state index contributed by atoms with van der Waals surface area (Å²) in [6, 6.07) is 7.84. The lowest BCUT2D eigenvalue weighted by molar-refractivity contribution is 0.230. The van der Waals surface area contributed by atoms with Crippen LogP contribution in [0.25, 0.3) is 0 Å². The fraction of sp³-hybridized carbons (Fsp3) is 0.333. The Morgan fingerprint density at radius 2 is 2.10 bits per heavy atom. The Balaban J connectivity index is 2.08. The summed E-state index contributed by atoms with van der Waals surface area (Å²) in [5.41, 5.74) is 1.98. The maximum Gasteiger partial charge on any atom is 0.218 e. The predicted molar refractivity (Wildman–Crippen MR) is 84.0 cm³/mol. The highest BCUT2D eigenvalue weighted by atomic mass is 79.9. The van der Waals surface area contributed by atoms with Crippen molar-refractivity contribution in [2.45, 2.75) is 33.4 Å². The van der Waals surface area contributed by atoms with E-state index in [1.54, 1.807) is 6.20 Å². The fourth-order valence-electron chi connectivity index (χ4n) is 1.72. The fourth-order valence-corrected chi connectivity index (χ4v) is 1.94. The van der Waals surface area contributed by atoms with Gasteiger partial charge >= 0.3 is 0 Å². The van der Waals surface area contributed by atoms with Gasteiger partial charge in [-0.05, 0) is 54.9 Å². The summed E-state index contributed by atoms with van der Waals surface area (Å²) in [5.74, 6) is 1.51. The molecule has 0 aliphatic rings. The molecule has 0 unspecified atom stereocenters. The number of nitrogens with zero attached hydrogens (tertiary/aromatic N) is 2. The Morgan fingerprint density at radius 3 is 2.80 bits per heavy atom. The monoisotopic (exact) mass is 335 g/mol. The topological polar surface area (TPSA) is 47.0 Å². The van der Waals surface area contributed by atoms with E-state index in [1.165, 1.54) is 0 Å². The molecule has 2 rings (SSSR count). The average Bonchev–Trinajstić information content (AvgIpc) is 2.41. The zero-order chi connectivity index (χ0) is 14.5.